The highest BCUT2D eigenvalue weighted by molar-refractivity contribution is 6.34. The molecule has 2 heterocycles. The van der Waals surface area contributed by atoms with Gasteiger partial charge in [0.2, 0.25) is 5.88 Å². The first-order valence-corrected chi connectivity index (χ1v) is 9.94. The minimum atomic E-state index is -0.326. The monoisotopic (exact) mass is 416 g/mol. The average molecular weight is 417 g/mol. The number of aromatic amines is 1. The quantitative estimate of drug-likeness (QED) is 0.531. The maximum Gasteiger partial charge on any atom is 0.277 e. The van der Waals surface area contributed by atoms with Gasteiger partial charge in [-0.15, -0.1) is 0 Å². The molecule has 2 aromatic heterocycles. The second-order valence-electron chi connectivity index (χ2n) is 6.34. The molecule has 1 aromatic carbocycles. The molecule has 2 N–H and O–H groups in total. The Bertz CT molecular complexity index is 1010. The maximum atomic E-state index is 12.4. The van der Waals surface area contributed by atoms with E-state index in [2.05, 4.69) is 34.2 Å². The van der Waals surface area contributed by atoms with Crippen molar-refractivity contribution in [2.24, 2.45) is 0 Å². The van der Waals surface area contributed by atoms with Crippen molar-refractivity contribution in [2.75, 3.05) is 31.7 Å². The summed E-state index contributed by atoms with van der Waals surface area (Å²) in [7, 11) is 1.58. The maximum absolute atomic E-state index is 12.4. The van der Waals surface area contributed by atoms with Crippen molar-refractivity contribution < 1.29 is 14.4 Å². The van der Waals surface area contributed by atoms with Crippen molar-refractivity contribution in [3.63, 3.8) is 0 Å². The predicted octanol–water partition coefficient (Wildman–Crippen LogP) is 4.42. The lowest BCUT2D eigenvalue weighted by Gasteiger charge is -2.21. The Hall–Kier alpha value is -2.77. The first kappa shape index (κ1) is 21.0. The number of amides is 1. The number of aromatic nitrogens is 2. The van der Waals surface area contributed by atoms with Gasteiger partial charge >= 0.3 is 0 Å². The van der Waals surface area contributed by atoms with Crippen LogP contribution in [0.15, 0.2) is 30.5 Å². The highest BCUT2D eigenvalue weighted by Crippen LogP contribution is 2.38. The zero-order valence-electron chi connectivity index (χ0n) is 17.0. The van der Waals surface area contributed by atoms with Gasteiger partial charge in [0.15, 0.2) is 0 Å². The number of methoxy groups -OCH3 is 1. The number of benzene rings is 1. The molecule has 0 radical (unpaired) electrons. The van der Waals surface area contributed by atoms with E-state index < -0.39 is 0 Å². The molecule has 0 aliphatic rings. The molecule has 8 heteroatoms. The van der Waals surface area contributed by atoms with Gasteiger partial charge in [-0.3, -0.25) is 9.63 Å². The van der Waals surface area contributed by atoms with Crippen LogP contribution < -0.4 is 15.1 Å². The Kier molecular flexibility index (Phi) is 6.61. The van der Waals surface area contributed by atoms with Crippen molar-refractivity contribution in [3.05, 3.63) is 41.0 Å². The molecule has 1 amide bonds. The van der Waals surface area contributed by atoms with Crippen LogP contribution in [0.25, 0.3) is 22.0 Å². The summed E-state index contributed by atoms with van der Waals surface area (Å²) >= 11 is 6.56. The van der Waals surface area contributed by atoms with Gasteiger partial charge in [-0.1, -0.05) is 11.6 Å². The normalized spacial score (nSPS) is 10.9. The lowest BCUT2D eigenvalue weighted by molar-refractivity contribution is 0.0366. The molecule has 0 fully saturated rings. The summed E-state index contributed by atoms with van der Waals surface area (Å²) in [5.41, 5.74) is 5.14. The van der Waals surface area contributed by atoms with Crippen molar-refractivity contribution >= 4 is 34.2 Å². The molecule has 0 saturated carbocycles. The number of fused-ring (bicyclic) bond motifs is 1. The van der Waals surface area contributed by atoms with E-state index in [1.807, 2.05) is 18.2 Å². The number of hydroxylamine groups is 1. The zero-order valence-corrected chi connectivity index (χ0v) is 17.8. The van der Waals surface area contributed by atoms with E-state index in [1.165, 1.54) is 0 Å². The van der Waals surface area contributed by atoms with Gasteiger partial charge in [0.05, 0.1) is 24.3 Å². The summed E-state index contributed by atoms with van der Waals surface area (Å²) in [5, 5.41) is 1.27. The van der Waals surface area contributed by atoms with Crippen molar-refractivity contribution in [1.82, 2.24) is 15.4 Å². The first-order valence-electron chi connectivity index (χ1n) is 9.57. The van der Waals surface area contributed by atoms with Gasteiger partial charge in [-0.2, -0.15) is 4.98 Å². The highest BCUT2D eigenvalue weighted by atomic mass is 35.5. The second kappa shape index (κ2) is 9.15. The fourth-order valence-electron chi connectivity index (χ4n) is 3.25. The summed E-state index contributed by atoms with van der Waals surface area (Å²) < 4.78 is 5.56. The number of nitrogens with zero attached hydrogens (tertiary/aromatic N) is 2. The summed E-state index contributed by atoms with van der Waals surface area (Å²) in [6.45, 7) is 8.04. The molecule has 0 spiro atoms. The Balaban J connectivity index is 2.09. The molecule has 0 atom stereocenters. The summed E-state index contributed by atoms with van der Waals surface area (Å²) in [5.74, 6) is 0.992. The highest BCUT2D eigenvalue weighted by Gasteiger charge is 2.18. The molecule has 3 aromatic rings. The SMILES string of the molecule is CCONC(=O)c1c[nH]c2cc(Cl)c(-c3ccc(N(CC)CC)nc3OC)cc12. The van der Waals surface area contributed by atoms with Crippen molar-refractivity contribution in [2.45, 2.75) is 20.8 Å². The van der Waals surface area contributed by atoms with Gasteiger partial charge in [0.25, 0.3) is 5.91 Å². The number of halogens is 1. The zero-order chi connectivity index (χ0) is 21.0. The summed E-state index contributed by atoms with van der Waals surface area (Å²) in [6, 6.07) is 7.55. The number of carbonyl (C=O) groups is 1. The lowest BCUT2D eigenvalue weighted by Crippen LogP contribution is -2.23. The number of anilines is 1. The first-order chi connectivity index (χ1) is 14.0. The molecule has 154 valence electrons. The Morgan fingerprint density at radius 1 is 1.21 bits per heavy atom. The van der Waals surface area contributed by atoms with Gasteiger partial charge < -0.3 is 14.6 Å². The van der Waals surface area contributed by atoms with Crippen LogP contribution >= 0.6 is 11.6 Å². The van der Waals surface area contributed by atoms with Crippen molar-refractivity contribution in [3.8, 4) is 17.0 Å². The third-order valence-electron chi connectivity index (χ3n) is 4.74. The van der Waals surface area contributed by atoms with E-state index in [4.69, 9.17) is 21.2 Å². The van der Waals surface area contributed by atoms with Crippen LogP contribution in [0.4, 0.5) is 5.82 Å². The number of ether oxygens (including phenoxy) is 1. The van der Waals surface area contributed by atoms with Gasteiger partial charge in [-0.05, 0) is 45.0 Å². The molecular weight excluding hydrogens is 392 g/mol. The van der Waals surface area contributed by atoms with Crippen molar-refractivity contribution in [1.29, 1.82) is 0 Å². The van der Waals surface area contributed by atoms with Gasteiger partial charge in [0.1, 0.15) is 5.82 Å². The summed E-state index contributed by atoms with van der Waals surface area (Å²) in [6.07, 6.45) is 1.64. The molecule has 0 unspecified atom stereocenters. The number of hydrogen-bond donors (Lipinski definition) is 2. The molecule has 0 aliphatic carbocycles. The second-order valence-corrected chi connectivity index (χ2v) is 6.75. The fourth-order valence-corrected chi connectivity index (χ4v) is 3.51. The lowest BCUT2D eigenvalue weighted by atomic mass is 10.0. The van der Waals surface area contributed by atoms with Gasteiger partial charge in [-0.25, -0.2) is 5.48 Å². The fraction of sp³-hybridized carbons (Fsp3) is 0.333. The van der Waals surface area contributed by atoms with E-state index in [0.717, 1.165) is 40.9 Å². The molecular formula is C21H25ClN4O3. The Labute approximate surface area is 174 Å². The molecule has 0 bridgehead atoms. The van der Waals surface area contributed by atoms with Crippen LogP contribution in [0.5, 0.6) is 5.88 Å². The molecule has 7 nitrogen and oxygen atoms in total. The Morgan fingerprint density at radius 2 is 1.97 bits per heavy atom. The molecule has 29 heavy (non-hydrogen) atoms. The largest absolute Gasteiger partial charge is 0.480 e. The smallest absolute Gasteiger partial charge is 0.277 e. The number of pyridine rings is 1. The standard InChI is InChI=1S/C21H25ClN4O3/c1-5-26(6-2)19-9-8-13(21(24-19)28-4)14-10-15-16(20(27)25-29-7-3)12-23-18(15)11-17(14)22/h8-12,23H,5-7H2,1-4H3,(H,25,27). The van der Waals surface area contributed by atoms with Crippen LogP contribution in [-0.4, -0.2) is 42.7 Å². The van der Waals surface area contributed by atoms with E-state index in [9.17, 15) is 4.79 Å². The Morgan fingerprint density at radius 3 is 2.62 bits per heavy atom. The number of nitrogens with one attached hydrogen (secondary N) is 2. The third kappa shape index (κ3) is 4.16. The van der Waals surface area contributed by atoms with Crippen LogP contribution in [0.1, 0.15) is 31.1 Å². The molecule has 3 rings (SSSR count). The van der Waals surface area contributed by atoms with Crippen LogP contribution in [-0.2, 0) is 4.84 Å². The minimum Gasteiger partial charge on any atom is -0.480 e. The number of rotatable bonds is 8. The number of H-pyrrole nitrogens is 1. The topological polar surface area (TPSA) is 79.5 Å². The predicted molar refractivity (Wildman–Crippen MR) is 116 cm³/mol. The number of carbonyl (C=O) groups excluding carboxylic acids is 1. The third-order valence-corrected chi connectivity index (χ3v) is 5.05. The minimum absolute atomic E-state index is 0.326. The van der Waals surface area contributed by atoms with Crippen LogP contribution in [0, 0.1) is 0 Å². The van der Waals surface area contributed by atoms with E-state index >= 15 is 0 Å². The van der Waals surface area contributed by atoms with Crippen LogP contribution in [0.3, 0.4) is 0 Å². The molecule has 0 aliphatic heterocycles. The van der Waals surface area contributed by atoms with E-state index in [-0.39, 0.29) is 5.91 Å². The number of hydrogen-bond acceptors (Lipinski definition) is 5. The van der Waals surface area contributed by atoms with Gasteiger partial charge in [0, 0.05) is 41.3 Å². The average Bonchev–Trinajstić information content (AvgIpc) is 3.15. The summed E-state index contributed by atoms with van der Waals surface area (Å²) in [4.78, 5) is 27.3. The van der Waals surface area contributed by atoms with E-state index in [1.54, 1.807) is 26.3 Å². The van der Waals surface area contributed by atoms with E-state index in [0.29, 0.717) is 23.1 Å². The van der Waals surface area contributed by atoms with Crippen LogP contribution in [0.2, 0.25) is 5.02 Å². The molecule has 0 saturated heterocycles.